The molecule has 1 aromatic carbocycles. The Balaban J connectivity index is 2.20. The molecule has 1 heterocycles. The lowest BCUT2D eigenvalue weighted by Crippen LogP contribution is -2.25. The van der Waals surface area contributed by atoms with Gasteiger partial charge in [0.1, 0.15) is 6.23 Å². The standard InChI is InChI=1S/C13H18NO2/c1-13(2,16)8-9-3-5-11-10(7-9)4-6-12(15)14-11/h3-5,7,12,14-16H,6,8H2,1-2H3. The first-order valence-electron chi connectivity index (χ1n) is 5.57. The summed E-state index contributed by atoms with van der Waals surface area (Å²) in [5.41, 5.74) is 2.49. The molecule has 0 saturated carbocycles. The molecule has 1 aromatic rings. The van der Waals surface area contributed by atoms with E-state index in [0.29, 0.717) is 12.8 Å². The van der Waals surface area contributed by atoms with Gasteiger partial charge in [0, 0.05) is 12.1 Å². The van der Waals surface area contributed by atoms with Crippen LogP contribution in [0.15, 0.2) is 18.2 Å². The molecule has 0 fully saturated rings. The predicted octanol–water partition coefficient (Wildman–Crippen LogP) is 1.69. The average Bonchev–Trinajstić information content (AvgIpc) is 2.16. The van der Waals surface area contributed by atoms with Crippen molar-refractivity contribution in [3.8, 4) is 0 Å². The van der Waals surface area contributed by atoms with E-state index in [-0.39, 0.29) is 0 Å². The molecule has 0 spiro atoms. The molecule has 0 aromatic heterocycles. The Bertz CT molecular complexity index is 382. The lowest BCUT2D eigenvalue weighted by molar-refractivity contribution is 0.0810. The van der Waals surface area contributed by atoms with Crippen molar-refractivity contribution in [1.29, 1.82) is 0 Å². The summed E-state index contributed by atoms with van der Waals surface area (Å²) in [5, 5.41) is 22.2. The Morgan fingerprint density at radius 2 is 2.19 bits per heavy atom. The fraction of sp³-hybridized carbons (Fsp3) is 0.462. The molecular formula is C13H18NO2. The Kier molecular flexibility index (Phi) is 2.91. The molecule has 87 valence electrons. The van der Waals surface area contributed by atoms with E-state index in [1.165, 1.54) is 0 Å². The second-order valence-corrected chi connectivity index (χ2v) is 5.01. The van der Waals surface area contributed by atoms with E-state index in [0.717, 1.165) is 16.8 Å². The molecule has 1 radical (unpaired) electrons. The monoisotopic (exact) mass is 220 g/mol. The van der Waals surface area contributed by atoms with Crippen molar-refractivity contribution in [3.63, 3.8) is 0 Å². The molecule has 2 rings (SSSR count). The molecule has 0 amide bonds. The lowest BCUT2D eigenvalue weighted by atomic mass is 9.94. The minimum absolute atomic E-state index is 0.479. The van der Waals surface area contributed by atoms with Gasteiger partial charge in [-0.2, -0.15) is 0 Å². The summed E-state index contributed by atoms with van der Waals surface area (Å²) in [6.45, 7) is 3.61. The first-order valence-corrected chi connectivity index (χ1v) is 5.57. The van der Waals surface area contributed by atoms with Gasteiger partial charge in [0.2, 0.25) is 0 Å². The summed E-state index contributed by atoms with van der Waals surface area (Å²) in [6, 6.07) is 6.00. The average molecular weight is 220 g/mol. The number of benzene rings is 1. The van der Waals surface area contributed by atoms with Gasteiger partial charge in [0.25, 0.3) is 0 Å². The SMILES string of the molecule is CC(C)(O)Cc1ccc2c(c1)[CH]CC(O)N2. The highest BCUT2D eigenvalue weighted by atomic mass is 16.3. The Labute approximate surface area is 96.1 Å². The van der Waals surface area contributed by atoms with Gasteiger partial charge in [0.05, 0.1) is 5.60 Å². The minimum atomic E-state index is -0.685. The fourth-order valence-electron chi connectivity index (χ4n) is 2.00. The minimum Gasteiger partial charge on any atom is -0.390 e. The van der Waals surface area contributed by atoms with Crippen LogP contribution in [0.3, 0.4) is 0 Å². The van der Waals surface area contributed by atoms with Crippen LogP contribution >= 0.6 is 0 Å². The van der Waals surface area contributed by atoms with Crippen molar-refractivity contribution >= 4 is 5.69 Å². The van der Waals surface area contributed by atoms with Crippen molar-refractivity contribution in [2.75, 3.05) is 5.32 Å². The zero-order chi connectivity index (χ0) is 11.8. The number of nitrogens with one attached hydrogen (secondary N) is 1. The highest BCUT2D eigenvalue weighted by Crippen LogP contribution is 2.27. The second kappa shape index (κ2) is 4.07. The molecule has 3 heteroatoms. The van der Waals surface area contributed by atoms with Gasteiger partial charge in [-0.15, -0.1) is 0 Å². The Morgan fingerprint density at radius 3 is 2.88 bits per heavy atom. The molecule has 1 unspecified atom stereocenters. The van der Waals surface area contributed by atoms with Gasteiger partial charge >= 0.3 is 0 Å². The maximum absolute atomic E-state index is 9.75. The Hall–Kier alpha value is -1.06. The summed E-state index contributed by atoms with van der Waals surface area (Å²) in [6.07, 6.45) is 2.80. The molecule has 0 saturated heterocycles. The molecule has 3 nitrogen and oxygen atoms in total. The van der Waals surface area contributed by atoms with Crippen molar-refractivity contribution in [1.82, 2.24) is 0 Å². The van der Waals surface area contributed by atoms with Crippen LogP contribution < -0.4 is 5.32 Å². The van der Waals surface area contributed by atoms with Crippen LogP contribution in [0.25, 0.3) is 0 Å². The molecule has 1 atom stereocenters. The molecule has 1 aliphatic heterocycles. The highest BCUT2D eigenvalue weighted by molar-refractivity contribution is 5.58. The van der Waals surface area contributed by atoms with E-state index in [1.807, 2.05) is 18.6 Å². The molecule has 1 aliphatic rings. The van der Waals surface area contributed by atoms with Crippen LogP contribution in [0.5, 0.6) is 0 Å². The number of fused-ring (bicyclic) bond motifs is 1. The number of hydrogen-bond acceptors (Lipinski definition) is 3. The molecule has 0 bridgehead atoms. The van der Waals surface area contributed by atoms with E-state index < -0.39 is 11.8 Å². The van der Waals surface area contributed by atoms with Crippen LogP contribution in [0.4, 0.5) is 5.69 Å². The van der Waals surface area contributed by atoms with Crippen LogP contribution in [-0.4, -0.2) is 22.0 Å². The van der Waals surface area contributed by atoms with Gasteiger partial charge in [0.15, 0.2) is 0 Å². The Morgan fingerprint density at radius 1 is 1.44 bits per heavy atom. The van der Waals surface area contributed by atoms with Crippen molar-refractivity contribution in [2.45, 2.75) is 38.5 Å². The topological polar surface area (TPSA) is 52.5 Å². The maximum atomic E-state index is 9.75. The highest BCUT2D eigenvalue weighted by Gasteiger charge is 2.18. The first kappa shape index (κ1) is 11.4. The van der Waals surface area contributed by atoms with E-state index >= 15 is 0 Å². The van der Waals surface area contributed by atoms with Crippen molar-refractivity contribution in [2.24, 2.45) is 0 Å². The van der Waals surface area contributed by atoms with Crippen LogP contribution in [0.2, 0.25) is 0 Å². The normalized spacial score (nSPS) is 20.1. The van der Waals surface area contributed by atoms with E-state index in [4.69, 9.17) is 0 Å². The van der Waals surface area contributed by atoms with Crippen molar-refractivity contribution in [3.05, 3.63) is 35.7 Å². The van der Waals surface area contributed by atoms with Crippen molar-refractivity contribution < 1.29 is 10.2 Å². The number of aliphatic hydroxyl groups excluding tert-OH is 1. The van der Waals surface area contributed by atoms with Gasteiger partial charge in [-0.1, -0.05) is 12.1 Å². The van der Waals surface area contributed by atoms with E-state index in [1.54, 1.807) is 13.8 Å². The first-order chi connectivity index (χ1) is 7.44. The predicted molar refractivity (Wildman–Crippen MR) is 64.1 cm³/mol. The van der Waals surface area contributed by atoms with Gasteiger partial charge in [-0.25, -0.2) is 0 Å². The molecule has 0 aliphatic carbocycles. The third-order valence-electron chi connectivity index (χ3n) is 2.64. The number of aliphatic hydroxyl groups is 2. The summed E-state index contributed by atoms with van der Waals surface area (Å²) in [4.78, 5) is 0. The number of rotatable bonds is 2. The number of anilines is 1. The van der Waals surface area contributed by atoms with Gasteiger partial charge in [-0.05, 0) is 43.9 Å². The molecular weight excluding hydrogens is 202 g/mol. The molecule has 16 heavy (non-hydrogen) atoms. The molecule has 3 N–H and O–H groups in total. The zero-order valence-electron chi connectivity index (χ0n) is 9.70. The number of hydrogen-bond donors (Lipinski definition) is 3. The second-order valence-electron chi connectivity index (χ2n) is 5.01. The summed E-state index contributed by atoms with van der Waals surface area (Å²) >= 11 is 0. The van der Waals surface area contributed by atoms with Gasteiger partial charge in [-0.3, -0.25) is 0 Å². The maximum Gasteiger partial charge on any atom is 0.125 e. The van der Waals surface area contributed by atoms with Crippen LogP contribution in [0.1, 0.15) is 31.4 Å². The largest absolute Gasteiger partial charge is 0.390 e. The van der Waals surface area contributed by atoms with Gasteiger partial charge < -0.3 is 15.5 Å². The third-order valence-corrected chi connectivity index (χ3v) is 2.64. The third kappa shape index (κ3) is 2.74. The summed E-state index contributed by atoms with van der Waals surface area (Å²) in [7, 11) is 0. The zero-order valence-corrected chi connectivity index (χ0v) is 9.70. The lowest BCUT2D eigenvalue weighted by Gasteiger charge is -2.24. The van der Waals surface area contributed by atoms with E-state index in [9.17, 15) is 10.2 Å². The fourth-order valence-corrected chi connectivity index (χ4v) is 2.00. The van der Waals surface area contributed by atoms with Crippen LogP contribution in [-0.2, 0) is 6.42 Å². The van der Waals surface area contributed by atoms with Crippen LogP contribution in [0, 0.1) is 6.42 Å². The van der Waals surface area contributed by atoms with E-state index in [2.05, 4.69) is 11.4 Å². The summed E-state index contributed by atoms with van der Waals surface area (Å²) in [5.74, 6) is 0. The smallest absolute Gasteiger partial charge is 0.125 e. The quantitative estimate of drug-likeness (QED) is 0.711. The summed E-state index contributed by atoms with van der Waals surface area (Å²) < 4.78 is 0.